The molecule has 0 amide bonds. The minimum absolute atomic E-state index is 0.0960. The van der Waals surface area contributed by atoms with Crippen LogP contribution in [0, 0.1) is 11.6 Å². The molecule has 110 valence electrons. The standard InChI is InChI=1S/C17H16F2O2/c1-2-9-21-15-7-4-12(5-8-15)17(20)10-13-3-6-14(18)11-16(13)19/h3-8,11H,2,9-10H2,1H3. The highest BCUT2D eigenvalue weighted by Gasteiger charge is 2.11. The molecule has 0 fully saturated rings. The van der Waals surface area contributed by atoms with Crippen molar-refractivity contribution in [3.8, 4) is 5.75 Å². The van der Waals surface area contributed by atoms with Crippen molar-refractivity contribution in [3.05, 3.63) is 65.2 Å². The Labute approximate surface area is 122 Å². The number of carbonyl (C=O) groups is 1. The normalized spacial score (nSPS) is 10.4. The van der Waals surface area contributed by atoms with E-state index in [1.807, 2.05) is 6.92 Å². The first-order valence-corrected chi connectivity index (χ1v) is 6.80. The van der Waals surface area contributed by atoms with Gasteiger partial charge in [0.1, 0.15) is 17.4 Å². The molecule has 0 aliphatic rings. The van der Waals surface area contributed by atoms with E-state index in [1.54, 1.807) is 24.3 Å². The van der Waals surface area contributed by atoms with Gasteiger partial charge in [-0.15, -0.1) is 0 Å². The lowest BCUT2D eigenvalue weighted by molar-refractivity contribution is 0.0991. The second kappa shape index (κ2) is 6.97. The number of Topliss-reactive ketones (excluding diaryl/α,β-unsaturated/α-hetero) is 1. The lowest BCUT2D eigenvalue weighted by Crippen LogP contribution is -2.05. The maximum atomic E-state index is 13.5. The van der Waals surface area contributed by atoms with E-state index in [1.165, 1.54) is 6.07 Å². The van der Waals surface area contributed by atoms with Gasteiger partial charge in [-0.25, -0.2) is 8.78 Å². The second-order valence-electron chi connectivity index (χ2n) is 4.71. The van der Waals surface area contributed by atoms with Gasteiger partial charge in [0.05, 0.1) is 6.61 Å². The lowest BCUT2D eigenvalue weighted by atomic mass is 10.0. The zero-order valence-corrected chi connectivity index (χ0v) is 11.7. The van der Waals surface area contributed by atoms with Crippen molar-refractivity contribution in [2.45, 2.75) is 19.8 Å². The van der Waals surface area contributed by atoms with Crippen molar-refractivity contribution in [2.24, 2.45) is 0 Å². The summed E-state index contributed by atoms with van der Waals surface area (Å²) in [5.41, 5.74) is 0.662. The summed E-state index contributed by atoms with van der Waals surface area (Å²) in [6.45, 7) is 2.63. The molecular formula is C17H16F2O2. The van der Waals surface area contributed by atoms with Gasteiger partial charge >= 0.3 is 0 Å². The maximum absolute atomic E-state index is 13.5. The average molecular weight is 290 g/mol. The van der Waals surface area contributed by atoms with E-state index in [2.05, 4.69) is 0 Å². The predicted molar refractivity (Wildman–Crippen MR) is 76.6 cm³/mol. The Bertz CT molecular complexity index is 621. The van der Waals surface area contributed by atoms with Crippen LogP contribution in [-0.4, -0.2) is 12.4 Å². The molecule has 2 nitrogen and oxygen atoms in total. The van der Waals surface area contributed by atoms with Gasteiger partial charge in [0.25, 0.3) is 0 Å². The van der Waals surface area contributed by atoms with Gasteiger partial charge < -0.3 is 4.74 Å². The van der Waals surface area contributed by atoms with Crippen molar-refractivity contribution in [2.75, 3.05) is 6.61 Å². The van der Waals surface area contributed by atoms with Crippen LogP contribution in [-0.2, 0) is 6.42 Å². The SMILES string of the molecule is CCCOc1ccc(C(=O)Cc2ccc(F)cc2F)cc1. The Balaban J connectivity index is 2.06. The first-order valence-electron chi connectivity index (χ1n) is 6.80. The summed E-state index contributed by atoms with van der Waals surface area (Å²) in [5, 5.41) is 0. The molecule has 4 heteroatoms. The summed E-state index contributed by atoms with van der Waals surface area (Å²) in [5.74, 6) is -0.878. The molecule has 2 aromatic rings. The minimum atomic E-state index is -0.703. The molecule has 0 saturated carbocycles. The predicted octanol–water partition coefficient (Wildman–Crippen LogP) is 4.18. The first-order chi connectivity index (χ1) is 10.1. The molecule has 2 aromatic carbocycles. The largest absolute Gasteiger partial charge is 0.494 e. The molecule has 0 unspecified atom stereocenters. The fourth-order valence-electron chi connectivity index (χ4n) is 1.90. The molecule has 21 heavy (non-hydrogen) atoms. The van der Waals surface area contributed by atoms with Gasteiger partial charge in [-0.1, -0.05) is 13.0 Å². The van der Waals surface area contributed by atoms with Crippen LogP contribution in [0.15, 0.2) is 42.5 Å². The fraction of sp³-hybridized carbons (Fsp3) is 0.235. The smallest absolute Gasteiger partial charge is 0.167 e. The van der Waals surface area contributed by atoms with Crippen molar-refractivity contribution in [1.29, 1.82) is 0 Å². The molecule has 0 aliphatic heterocycles. The zero-order chi connectivity index (χ0) is 15.2. The summed E-state index contributed by atoms with van der Waals surface area (Å²) >= 11 is 0. The highest BCUT2D eigenvalue weighted by atomic mass is 19.1. The molecule has 0 atom stereocenters. The molecule has 0 radical (unpaired) electrons. The third kappa shape index (κ3) is 4.12. The Morgan fingerprint density at radius 1 is 1.10 bits per heavy atom. The van der Waals surface area contributed by atoms with Crippen LogP contribution in [0.5, 0.6) is 5.75 Å². The van der Waals surface area contributed by atoms with E-state index >= 15 is 0 Å². The van der Waals surface area contributed by atoms with E-state index in [0.29, 0.717) is 17.9 Å². The molecule has 0 heterocycles. The van der Waals surface area contributed by atoms with Gasteiger partial charge in [-0.05, 0) is 42.3 Å². The zero-order valence-electron chi connectivity index (χ0n) is 11.7. The van der Waals surface area contributed by atoms with Crippen LogP contribution >= 0.6 is 0 Å². The molecule has 0 saturated heterocycles. The Morgan fingerprint density at radius 2 is 1.81 bits per heavy atom. The Morgan fingerprint density at radius 3 is 2.43 bits per heavy atom. The average Bonchev–Trinajstić information content (AvgIpc) is 2.48. The highest BCUT2D eigenvalue weighted by molar-refractivity contribution is 5.97. The maximum Gasteiger partial charge on any atom is 0.167 e. The molecule has 2 rings (SSSR count). The Hall–Kier alpha value is -2.23. The third-order valence-electron chi connectivity index (χ3n) is 3.02. The molecular weight excluding hydrogens is 274 g/mol. The number of rotatable bonds is 6. The van der Waals surface area contributed by atoms with E-state index in [-0.39, 0.29) is 17.8 Å². The number of carbonyl (C=O) groups excluding carboxylic acids is 1. The van der Waals surface area contributed by atoms with Gasteiger partial charge in [0.15, 0.2) is 5.78 Å². The van der Waals surface area contributed by atoms with Gasteiger partial charge in [0, 0.05) is 18.1 Å². The lowest BCUT2D eigenvalue weighted by Gasteiger charge is -2.06. The Kier molecular flexibility index (Phi) is 5.04. The number of ether oxygens (including phenoxy) is 1. The van der Waals surface area contributed by atoms with Gasteiger partial charge in [0.2, 0.25) is 0 Å². The summed E-state index contributed by atoms with van der Waals surface area (Å²) in [7, 11) is 0. The van der Waals surface area contributed by atoms with Crippen molar-refractivity contribution in [3.63, 3.8) is 0 Å². The van der Waals surface area contributed by atoms with E-state index in [0.717, 1.165) is 18.6 Å². The highest BCUT2D eigenvalue weighted by Crippen LogP contribution is 2.16. The summed E-state index contributed by atoms with van der Waals surface area (Å²) < 4.78 is 31.8. The molecule has 0 N–H and O–H groups in total. The first kappa shape index (κ1) is 15.2. The third-order valence-corrected chi connectivity index (χ3v) is 3.02. The second-order valence-corrected chi connectivity index (χ2v) is 4.71. The molecule has 0 aromatic heterocycles. The van der Waals surface area contributed by atoms with Crippen molar-refractivity contribution < 1.29 is 18.3 Å². The molecule has 0 spiro atoms. The van der Waals surface area contributed by atoms with Gasteiger partial charge in [-0.2, -0.15) is 0 Å². The number of hydrogen-bond acceptors (Lipinski definition) is 2. The van der Waals surface area contributed by atoms with Crippen LogP contribution in [0.1, 0.15) is 29.3 Å². The molecule has 0 aliphatic carbocycles. The van der Waals surface area contributed by atoms with Crippen LogP contribution in [0.2, 0.25) is 0 Å². The number of benzene rings is 2. The van der Waals surface area contributed by atoms with Crippen molar-refractivity contribution in [1.82, 2.24) is 0 Å². The minimum Gasteiger partial charge on any atom is -0.494 e. The number of ketones is 1. The summed E-state index contributed by atoms with van der Waals surface area (Å²) in [6, 6.07) is 9.94. The number of halogens is 2. The van der Waals surface area contributed by atoms with Crippen LogP contribution in [0.4, 0.5) is 8.78 Å². The summed E-state index contributed by atoms with van der Waals surface area (Å²) in [4.78, 5) is 12.1. The van der Waals surface area contributed by atoms with Crippen molar-refractivity contribution >= 4 is 5.78 Å². The van der Waals surface area contributed by atoms with Crippen LogP contribution in [0.25, 0.3) is 0 Å². The van der Waals surface area contributed by atoms with Gasteiger partial charge in [-0.3, -0.25) is 4.79 Å². The quantitative estimate of drug-likeness (QED) is 0.746. The van der Waals surface area contributed by atoms with E-state index in [9.17, 15) is 13.6 Å². The number of hydrogen-bond donors (Lipinski definition) is 0. The van der Waals surface area contributed by atoms with Crippen LogP contribution in [0.3, 0.4) is 0 Å². The summed E-state index contributed by atoms with van der Waals surface area (Å²) in [6.07, 6.45) is 0.811. The fourth-order valence-corrected chi connectivity index (χ4v) is 1.90. The topological polar surface area (TPSA) is 26.3 Å². The monoisotopic (exact) mass is 290 g/mol. The molecule has 0 bridgehead atoms. The van der Waals surface area contributed by atoms with Crippen LogP contribution < -0.4 is 4.74 Å². The van der Waals surface area contributed by atoms with E-state index in [4.69, 9.17) is 4.74 Å². The van der Waals surface area contributed by atoms with E-state index < -0.39 is 11.6 Å².